The van der Waals surface area contributed by atoms with E-state index in [0.29, 0.717) is 65.9 Å². The second-order valence-corrected chi connectivity index (χ2v) is 5.58. The molecule has 7 nitrogen and oxygen atoms in total. The van der Waals surface area contributed by atoms with Gasteiger partial charge in [0, 0.05) is 13.0 Å². The highest BCUT2D eigenvalue weighted by Gasteiger charge is 2.02. The highest BCUT2D eigenvalue weighted by atomic mass is 16.6. The number of nitrogens with one attached hydrogen (secondary N) is 1. The van der Waals surface area contributed by atoms with Crippen molar-refractivity contribution in [1.29, 1.82) is 0 Å². The van der Waals surface area contributed by atoms with Crippen LogP contribution in [0, 0.1) is 0 Å². The predicted molar refractivity (Wildman–Crippen MR) is 96.9 cm³/mol. The van der Waals surface area contributed by atoms with Crippen molar-refractivity contribution in [3.05, 3.63) is 0 Å². The quantitative estimate of drug-likeness (QED) is 0.261. The van der Waals surface area contributed by atoms with Gasteiger partial charge >= 0.3 is 5.97 Å². The summed E-state index contributed by atoms with van der Waals surface area (Å²) in [5, 5.41) is 3.01. The number of unbranched alkanes of at least 4 members (excludes halogenated alkanes) is 3. The van der Waals surface area contributed by atoms with Crippen LogP contribution in [0.4, 0.5) is 0 Å². The lowest BCUT2D eigenvalue weighted by Crippen LogP contribution is -2.17. The van der Waals surface area contributed by atoms with Crippen LogP contribution in [0.5, 0.6) is 0 Å². The van der Waals surface area contributed by atoms with Gasteiger partial charge < -0.3 is 29.0 Å². The lowest BCUT2D eigenvalue weighted by Gasteiger charge is -2.08. The SMILES string of the molecule is CCCCCCC(=O)OCCOCCOCCOCCOCCNC. The van der Waals surface area contributed by atoms with E-state index >= 15 is 0 Å². The standard InChI is InChI=1S/C18H37NO6/c1-3-4-5-6-7-18(20)25-17-16-24-15-14-23-13-12-22-11-10-21-9-8-19-2/h19H,3-17H2,1-2H3. The Bertz CT molecular complexity index is 278. The number of hydrogen-bond acceptors (Lipinski definition) is 7. The van der Waals surface area contributed by atoms with E-state index < -0.39 is 0 Å². The molecule has 0 aliphatic heterocycles. The molecule has 0 saturated heterocycles. The summed E-state index contributed by atoms with van der Waals surface area (Å²) < 4.78 is 26.5. The summed E-state index contributed by atoms with van der Waals surface area (Å²) in [6.07, 6.45) is 4.84. The molecule has 0 aromatic heterocycles. The molecule has 0 bridgehead atoms. The number of hydrogen-bond donors (Lipinski definition) is 1. The number of esters is 1. The van der Waals surface area contributed by atoms with Gasteiger partial charge in [0.1, 0.15) is 6.61 Å². The van der Waals surface area contributed by atoms with Crippen LogP contribution in [0.2, 0.25) is 0 Å². The fraction of sp³-hybridized carbons (Fsp3) is 0.944. The van der Waals surface area contributed by atoms with E-state index in [0.717, 1.165) is 19.4 Å². The van der Waals surface area contributed by atoms with E-state index in [9.17, 15) is 4.79 Å². The average Bonchev–Trinajstić information content (AvgIpc) is 2.62. The number of carbonyl (C=O) groups excluding carboxylic acids is 1. The van der Waals surface area contributed by atoms with E-state index in [1.54, 1.807) is 0 Å². The van der Waals surface area contributed by atoms with E-state index in [1.165, 1.54) is 12.8 Å². The second kappa shape index (κ2) is 21.3. The first-order valence-corrected chi connectivity index (χ1v) is 9.42. The molecule has 0 spiro atoms. The summed E-state index contributed by atoms with van der Waals surface area (Å²) in [5.41, 5.74) is 0. The Morgan fingerprint density at radius 3 is 1.76 bits per heavy atom. The van der Waals surface area contributed by atoms with Gasteiger partial charge in [-0.1, -0.05) is 26.2 Å². The molecule has 0 aliphatic carbocycles. The third-order valence-electron chi connectivity index (χ3n) is 3.34. The molecule has 0 amide bonds. The summed E-state index contributed by atoms with van der Waals surface area (Å²) in [4.78, 5) is 11.4. The Labute approximate surface area is 152 Å². The Hall–Kier alpha value is -0.730. The number of carbonyl (C=O) groups is 1. The molecule has 0 aliphatic rings. The third-order valence-corrected chi connectivity index (χ3v) is 3.34. The van der Waals surface area contributed by atoms with Gasteiger partial charge in [-0.05, 0) is 13.5 Å². The van der Waals surface area contributed by atoms with E-state index in [2.05, 4.69) is 12.2 Å². The molecule has 25 heavy (non-hydrogen) atoms. The summed E-state index contributed by atoms with van der Waals surface area (Å²) >= 11 is 0. The van der Waals surface area contributed by atoms with Crippen LogP contribution >= 0.6 is 0 Å². The lowest BCUT2D eigenvalue weighted by atomic mass is 10.2. The van der Waals surface area contributed by atoms with Crippen LogP contribution in [0.25, 0.3) is 0 Å². The smallest absolute Gasteiger partial charge is 0.305 e. The Morgan fingerprint density at radius 2 is 1.24 bits per heavy atom. The first-order valence-electron chi connectivity index (χ1n) is 9.42. The van der Waals surface area contributed by atoms with Gasteiger partial charge in [-0.25, -0.2) is 0 Å². The highest BCUT2D eigenvalue weighted by molar-refractivity contribution is 5.69. The van der Waals surface area contributed by atoms with Crippen molar-refractivity contribution < 1.29 is 28.5 Å². The molecule has 1 N–H and O–H groups in total. The Balaban J connectivity index is 3.08. The Morgan fingerprint density at radius 1 is 0.720 bits per heavy atom. The molecule has 0 atom stereocenters. The Kier molecular flexibility index (Phi) is 20.7. The normalized spacial score (nSPS) is 11.0. The highest BCUT2D eigenvalue weighted by Crippen LogP contribution is 2.03. The molecule has 0 fully saturated rings. The molecule has 7 heteroatoms. The second-order valence-electron chi connectivity index (χ2n) is 5.58. The molecule has 0 unspecified atom stereocenters. The van der Waals surface area contributed by atoms with Gasteiger partial charge in [0.05, 0.1) is 52.9 Å². The fourth-order valence-corrected chi connectivity index (χ4v) is 1.92. The molecule has 0 aromatic rings. The zero-order valence-electron chi connectivity index (χ0n) is 16.1. The first kappa shape index (κ1) is 24.3. The maximum atomic E-state index is 11.4. The number of ether oxygens (including phenoxy) is 5. The van der Waals surface area contributed by atoms with Gasteiger partial charge in [-0.2, -0.15) is 0 Å². The van der Waals surface area contributed by atoms with Crippen LogP contribution in [0.15, 0.2) is 0 Å². The predicted octanol–water partition coefficient (Wildman–Crippen LogP) is 1.79. The van der Waals surface area contributed by atoms with Crippen molar-refractivity contribution in [3.8, 4) is 0 Å². The van der Waals surface area contributed by atoms with E-state index in [1.807, 2.05) is 7.05 Å². The summed E-state index contributed by atoms with van der Waals surface area (Å²) in [6.45, 7) is 7.66. The van der Waals surface area contributed by atoms with Crippen LogP contribution in [-0.2, 0) is 28.5 Å². The zero-order valence-corrected chi connectivity index (χ0v) is 16.1. The van der Waals surface area contributed by atoms with Gasteiger partial charge in [0.2, 0.25) is 0 Å². The molecule has 150 valence electrons. The summed E-state index contributed by atoms with van der Waals surface area (Å²) in [6, 6.07) is 0. The van der Waals surface area contributed by atoms with E-state index in [-0.39, 0.29) is 5.97 Å². The van der Waals surface area contributed by atoms with Crippen LogP contribution in [-0.4, -0.2) is 79.0 Å². The summed E-state index contributed by atoms with van der Waals surface area (Å²) in [7, 11) is 1.89. The fourth-order valence-electron chi connectivity index (χ4n) is 1.92. The molecular formula is C18H37NO6. The van der Waals surface area contributed by atoms with Crippen molar-refractivity contribution in [1.82, 2.24) is 5.32 Å². The number of rotatable bonds is 20. The average molecular weight is 363 g/mol. The minimum atomic E-state index is -0.136. The molecule has 0 radical (unpaired) electrons. The van der Waals surface area contributed by atoms with Gasteiger partial charge in [-0.15, -0.1) is 0 Å². The van der Waals surface area contributed by atoms with Crippen LogP contribution in [0.1, 0.15) is 39.0 Å². The maximum Gasteiger partial charge on any atom is 0.305 e. The van der Waals surface area contributed by atoms with Gasteiger partial charge in [-0.3, -0.25) is 4.79 Å². The molecule has 0 saturated carbocycles. The first-order chi connectivity index (χ1) is 12.3. The molecule has 0 aromatic carbocycles. The molecule has 0 heterocycles. The third kappa shape index (κ3) is 21.2. The monoisotopic (exact) mass is 363 g/mol. The van der Waals surface area contributed by atoms with Crippen LogP contribution < -0.4 is 5.32 Å². The van der Waals surface area contributed by atoms with Crippen LogP contribution in [0.3, 0.4) is 0 Å². The van der Waals surface area contributed by atoms with Crippen molar-refractivity contribution in [2.45, 2.75) is 39.0 Å². The maximum absolute atomic E-state index is 11.4. The lowest BCUT2D eigenvalue weighted by molar-refractivity contribution is -0.145. The molecule has 0 rings (SSSR count). The minimum absolute atomic E-state index is 0.136. The van der Waals surface area contributed by atoms with Crippen molar-refractivity contribution in [3.63, 3.8) is 0 Å². The topological polar surface area (TPSA) is 75.3 Å². The largest absolute Gasteiger partial charge is 0.463 e. The van der Waals surface area contributed by atoms with Crippen molar-refractivity contribution in [2.24, 2.45) is 0 Å². The number of likely N-dealkylation sites (N-methyl/N-ethyl adjacent to an activating group) is 1. The molecular weight excluding hydrogens is 326 g/mol. The van der Waals surface area contributed by atoms with Gasteiger partial charge in [0.15, 0.2) is 0 Å². The van der Waals surface area contributed by atoms with E-state index in [4.69, 9.17) is 23.7 Å². The van der Waals surface area contributed by atoms with Crippen molar-refractivity contribution >= 4 is 5.97 Å². The van der Waals surface area contributed by atoms with Gasteiger partial charge in [0.25, 0.3) is 0 Å². The zero-order chi connectivity index (χ0) is 18.4. The minimum Gasteiger partial charge on any atom is -0.463 e. The summed E-state index contributed by atoms with van der Waals surface area (Å²) in [5.74, 6) is -0.136. The van der Waals surface area contributed by atoms with Crippen molar-refractivity contribution in [2.75, 3.05) is 73.1 Å².